The van der Waals surface area contributed by atoms with Gasteiger partial charge in [0.15, 0.2) is 0 Å². The Bertz CT molecular complexity index is 392. The van der Waals surface area contributed by atoms with Crippen LogP contribution in [0.5, 0.6) is 0 Å². The van der Waals surface area contributed by atoms with Crippen LogP contribution in [0.1, 0.15) is 17.5 Å². The van der Waals surface area contributed by atoms with E-state index in [1.165, 1.54) is 6.07 Å². The van der Waals surface area contributed by atoms with Crippen LogP contribution in [0.25, 0.3) is 0 Å². The van der Waals surface area contributed by atoms with Crippen molar-refractivity contribution in [2.45, 2.75) is 24.9 Å². The largest absolute Gasteiger partial charge is 0.416 e. The van der Waals surface area contributed by atoms with E-state index in [-0.39, 0.29) is 5.56 Å². The molecule has 0 aliphatic heterocycles. The van der Waals surface area contributed by atoms with E-state index in [0.717, 1.165) is 24.3 Å². The zero-order chi connectivity index (χ0) is 13.1. The van der Waals surface area contributed by atoms with Gasteiger partial charge in [-0.1, -0.05) is 24.3 Å². The second kappa shape index (κ2) is 4.85. The number of hydrogen-bond acceptors (Lipinski definition) is 0. The molecule has 1 rings (SSSR count). The van der Waals surface area contributed by atoms with Crippen molar-refractivity contribution < 1.29 is 22.0 Å². The maximum absolute atomic E-state index is 13.2. The van der Waals surface area contributed by atoms with E-state index < -0.39 is 30.5 Å². The quantitative estimate of drug-likeness (QED) is 0.546. The van der Waals surface area contributed by atoms with Crippen molar-refractivity contribution in [3.63, 3.8) is 0 Å². The molecule has 0 amide bonds. The van der Waals surface area contributed by atoms with E-state index in [1.807, 2.05) is 0 Å². The highest BCUT2D eigenvalue weighted by molar-refractivity contribution is 5.26. The minimum absolute atomic E-state index is 0.0355. The molecule has 0 atom stereocenters. The first-order valence-electron chi connectivity index (χ1n) is 4.89. The Morgan fingerprint density at radius 2 is 1.76 bits per heavy atom. The Morgan fingerprint density at radius 1 is 1.12 bits per heavy atom. The molecule has 5 heteroatoms. The Labute approximate surface area is 95.8 Å². The topological polar surface area (TPSA) is 0 Å². The summed E-state index contributed by atoms with van der Waals surface area (Å²) in [7, 11) is 0. The Hall–Kier alpha value is -1.39. The maximum Gasteiger partial charge on any atom is 0.416 e. The Morgan fingerprint density at radius 3 is 2.29 bits per heavy atom. The Kier molecular flexibility index (Phi) is 3.91. The third-order valence-electron chi connectivity index (χ3n) is 2.16. The lowest BCUT2D eigenvalue weighted by atomic mass is 10.0. The van der Waals surface area contributed by atoms with Gasteiger partial charge in [0.25, 0.3) is 5.92 Å². The summed E-state index contributed by atoms with van der Waals surface area (Å²) in [5.41, 5.74) is -0.948. The van der Waals surface area contributed by atoms with Crippen LogP contribution in [0.3, 0.4) is 0 Å². The molecule has 0 unspecified atom stereocenters. The average Bonchev–Trinajstić information content (AvgIpc) is 2.15. The van der Waals surface area contributed by atoms with Gasteiger partial charge in [-0.05, 0) is 11.6 Å². The molecular weight excluding hydrogens is 239 g/mol. The van der Waals surface area contributed by atoms with Gasteiger partial charge in [-0.25, -0.2) is 8.78 Å². The highest BCUT2D eigenvalue weighted by atomic mass is 19.4. The smallest absolute Gasteiger partial charge is 0.206 e. The van der Waals surface area contributed by atoms with Crippen LogP contribution < -0.4 is 0 Å². The summed E-state index contributed by atoms with van der Waals surface area (Å²) in [4.78, 5) is 0. The van der Waals surface area contributed by atoms with Gasteiger partial charge in [-0.3, -0.25) is 0 Å². The molecule has 0 spiro atoms. The second-order valence-corrected chi connectivity index (χ2v) is 3.72. The maximum atomic E-state index is 13.2. The summed E-state index contributed by atoms with van der Waals surface area (Å²) in [6, 6.07) is 3.99. The summed E-state index contributed by atoms with van der Waals surface area (Å²) in [6.07, 6.45) is -4.73. The van der Waals surface area contributed by atoms with Crippen LogP contribution in [0.2, 0.25) is 0 Å². The van der Waals surface area contributed by atoms with E-state index in [9.17, 15) is 22.0 Å². The molecule has 0 aliphatic rings. The zero-order valence-electron chi connectivity index (χ0n) is 8.90. The predicted molar refractivity (Wildman–Crippen MR) is 54.9 cm³/mol. The molecule has 0 saturated carbocycles. The van der Waals surface area contributed by atoms with Gasteiger partial charge in [0.2, 0.25) is 0 Å². The molecule has 0 saturated heterocycles. The lowest BCUT2D eigenvalue weighted by Crippen LogP contribution is -2.18. The van der Waals surface area contributed by atoms with Crippen LogP contribution >= 0.6 is 0 Å². The number of hydrogen-bond donors (Lipinski definition) is 0. The van der Waals surface area contributed by atoms with Gasteiger partial charge >= 0.3 is 6.18 Å². The molecule has 0 heterocycles. The van der Waals surface area contributed by atoms with Crippen LogP contribution in [-0.2, 0) is 12.6 Å². The highest BCUT2D eigenvalue weighted by Gasteiger charge is 2.32. The van der Waals surface area contributed by atoms with E-state index in [1.54, 1.807) is 0 Å². The molecule has 0 radical (unpaired) electrons. The first kappa shape index (κ1) is 13.7. The molecule has 0 nitrogen and oxygen atoms in total. The summed E-state index contributed by atoms with van der Waals surface area (Å²) in [6.45, 7) is 3.18. The van der Waals surface area contributed by atoms with Gasteiger partial charge in [-0.15, -0.1) is 6.58 Å². The second-order valence-electron chi connectivity index (χ2n) is 3.72. The van der Waals surface area contributed by atoms with Crippen molar-refractivity contribution in [2.75, 3.05) is 0 Å². The monoisotopic (exact) mass is 250 g/mol. The van der Waals surface area contributed by atoms with Gasteiger partial charge in [0, 0.05) is 12.8 Å². The van der Waals surface area contributed by atoms with Gasteiger partial charge in [0.1, 0.15) is 0 Å². The van der Waals surface area contributed by atoms with Crippen molar-refractivity contribution >= 4 is 0 Å². The number of allylic oxidation sites excluding steroid dienone is 1. The standard InChI is InChI=1S/C12H11F5/c1-2-6-11(13,14)8-9-4-3-5-10(7-9)12(15,16)17/h2-5,7H,1,6,8H2. The fourth-order valence-corrected chi connectivity index (χ4v) is 1.44. The lowest BCUT2D eigenvalue weighted by Gasteiger charge is -2.15. The molecular formula is C12H11F5. The molecule has 17 heavy (non-hydrogen) atoms. The van der Waals surface area contributed by atoms with Crippen molar-refractivity contribution in [1.82, 2.24) is 0 Å². The fraction of sp³-hybridized carbons (Fsp3) is 0.333. The summed E-state index contributed by atoms with van der Waals surface area (Å²) < 4.78 is 63.4. The predicted octanol–water partition coefficient (Wildman–Crippen LogP) is 4.46. The SMILES string of the molecule is C=CCC(F)(F)Cc1cccc(C(F)(F)F)c1. The number of rotatable bonds is 4. The first-order chi connectivity index (χ1) is 7.74. The van der Waals surface area contributed by atoms with Crippen molar-refractivity contribution in [3.05, 3.63) is 48.0 Å². The molecule has 1 aromatic carbocycles. The third-order valence-corrected chi connectivity index (χ3v) is 2.16. The van der Waals surface area contributed by atoms with Crippen LogP contribution in [0.4, 0.5) is 22.0 Å². The zero-order valence-corrected chi connectivity index (χ0v) is 8.90. The molecule has 94 valence electrons. The summed E-state index contributed by atoms with van der Waals surface area (Å²) >= 11 is 0. The number of benzene rings is 1. The summed E-state index contributed by atoms with van der Waals surface area (Å²) in [5.74, 6) is -3.06. The van der Waals surface area contributed by atoms with E-state index in [4.69, 9.17) is 0 Å². The molecule has 0 aromatic heterocycles. The molecule has 0 N–H and O–H groups in total. The molecule has 0 fully saturated rings. The molecule has 0 bridgehead atoms. The highest BCUT2D eigenvalue weighted by Crippen LogP contribution is 2.31. The average molecular weight is 250 g/mol. The van der Waals surface area contributed by atoms with E-state index >= 15 is 0 Å². The van der Waals surface area contributed by atoms with Crippen LogP contribution in [0, 0.1) is 0 Å². The number of alkyl halides is 5. The van der Waals surface area contributed by atoms with Crippen molar-refractivity contribution in [3.8, 4) is 0 Å². The van der Waals surface area contributed by atoms with E-state index in [2.05, 4.69) is 6.58 Å². The van der Waals surface area contributed by atoms with Gasteiger partial charge in [-0.2, -0.15) is 13.2 Å². The van der Waals surface area contributed by atoms with Crippen LogP contribution in [0.15, 0.2) is 36.9 Å². The fourth-order valence-electron chi connectivity index (χ4n) is 1.44. The minimum Gasteiger partial charge on any atom is -0.206 e. The van der Waals surface area contributed by atoms with Crippen LogP contribution in [-0.4, -0.2) is 5.92 Å². The minimum atomic E-state index is -4.51. The van der Waals surface area contributed by atoms with Gasteiger partial charge in [0.05, 0.1) is 5.56 Å². The number of halogens is 5. The van der Waals surface area contributed by atoms with Gasteiger partial charge < -0.3 is 0 Å². The normalized spacial score (nSPS) is 12.5. The molecule has 0 aliphatic carbocycles. The van der Waals surface area contributed by atoms with Crippen molar-refractivity contribution in [2.24, 2.45) is 0 Å². The lowest BCUT2D eigenvalue weighted by molar-refractivity contribution is -0.137. The molecule has 1 aromatic rings. The van der Waals surface area contributed by atoms with E-state index in [0.29, 0.717) is 0 Å². The summed E-state index contributed by atoms with van der Waals surface area (Å²) in [5, 5.41) is 0. The van der Waals surface area contributed by atoms with Crippen molar-refractivity contribution in [1.29, 1.82) is 0 Å². The third kappa shape index (κ3) is 4.17. The first-order valence-corrected chi connectivity index (χ1v) is 4.89. The Balaban J connectivity index is 2.90.